The van der Waals surface area contributed by atoms with Crippen LogP contribution in [0, 0.1) is 5.82 Å². The zero-order valence-corrected chi connectivity index (χ0v) is 13.6. The predicted octanol–water partition coefficient (Wildman–Crippen LogP) is 2.82. The van der Waals surface area contributed by atoms with E-state index in [1.54, 1.807) is 43.4 Å². The van der Waals surface area contributed by atoms with Gasteiger partial charge in [0.2, 0.25) is 11.8 Å². The number of anilines is 1. The second-order valence-electron chi connectivity index (χ2n) is 5.37. The molecule has 1 N–H and O–H groups in total. The number of amides is 2. The summed E-state index contributed by atoms with van der Waals surface area (Å²) in [5.74, 6) is -0.240. The van der Waals surface area contributed by atoms with E-state index in [0.29, 0.717) is 17.0 Å². The van der Waals surface area contributed by atoms with Gasteiger partial charge < -0.3 is 15.0 Å². The summed E-state index contributed by atoms with van der Waals surface area (Å²) in [4.78, 5) is 24.3. The lowest BCUT2D eigenvalue weighted by atomic mass is 10.2. The maximum absolute atomic E-state index is 13.1. The second-order valence-corrected chi connectivity index (χ2v) is 5.37. The third-order valence-electron chi connectivity index (χ3n) is 3.33. The molecule has 5 nitrogen and oxygen atoms in total. The molecule has 0 fully saturated rings. The highest BCUT2D eigenvalue weighted by atomic mass is 19.1. The predicted molar refractivity (Wildman–Crippen MR) is 89.1 cm³/mol. The van der Waals surface area contributed by atoms with Crippen LogP contribution in [0.5, 0.6) is 5.75 Å². The van der Waals surface area contributed by atoms with Crippen molar-refractivity contribution in [2.45, 2.75) is 13.5 Å². The molecular formula is C18H19FN2O3. The lowest BCUT2D eigenvalue weighted by Gasteiger charge is -2.14. The molecule has 2 rings (SSSR count). The molecule has 0 unspecified atom stereocenters. The summed E-state index contributed by atoms with van der Waals surface area (Å²) in [7, 11) is 1.56. The molecule has 2 amide bonds. The smallest absolute Gasteiger partial charge is 0.243 e. The summed E-state index contributed by atoms with van der Waals surface area (Å²) < 4.78 is 18.7. The largest absolute Gasteiger partial charge is 0.489 e. The molecule has 0 atom stereocenters. The van der Waals surface area contributed by atoms with Crippen LogP contribution in [0.25, 0.3) is 0 Å². The summed E-state index contributed by atoms with van der Waals surface area (Å²) >= 11 is 0. The van der Waals surface area contributed by atoms with Gasteiger partial charge in [-0.3, -0.25) is 9.59 Å². The fraction of sp³-hybridized carbons (Fsp3) is 0.222. The molecule has 2 aromatic rings. The Morgan fingerprint density at radius 1 is 1.17 bits per heavy atom. The number of halogens is 1. The molecule has 0 saturated heterocycles. The molecule has 0 saturated carbocycles. The van der Waals surface area contributed by atoms with Crippen LogP contribution in [0.3, 0.4) is 0 Å². The fourth-order valence-electron chi connectivity index (χ4n) is 1.98. The third kappa shape index (κ3) is 5.39. The monoisotopic (exact) mass is 330 g/mol. The van der Waals surface area contributed by atoms with E-state index in [1.807, 2.05) is 0 Å². The van der Waals surface area contributed by atoms with Crippen LogP contribution in [-0.4, -0.2) is 30.3 Å². The van der Waals surface area contributed by atoms with Crippen LogP contribution in [0.2, 0.25) is 0 Å². The molecule has 0 radical (unpaired) electrons. The topological polar surface area (TPSA) is 58.6 Å². The van der Waals surface area contributed by atoms with Crippen molar-refractivity contribution in [2.75, 3.05) is 18.9 Å². The minimum Gasteiger partial charge on any atom is -0.489 e. The molecule has 0 aliphatic rings. The van der Waals surface area contributed by atoms with Gasteiger partial charge in [0.15, 0.2) is 0 Å². The van der Waals surface area contributed by atoms with Gasteiger partial charge in [-0.2, -0.15) is 0 Å². The number of benzene rings is 2. The highest BCUT2D eigenvalue weighted by Crippen LogP contribution is 2.19. The Bertz CT molecular complexity index is 734. The maximum atomic E-state index is 13.1. The Morgan fingerprint density at radius 2 is 1.92 bits per heavy atom. The van der Waals surface area contributed by atoms with Gasteiger partial charge in [0.25, 0.3) is 0 Å². The number of nitrogens with zero attached hydrogens (tertiary/aromatic N) is 1. The first-order valence-electron chi connectivity index (χ1n) is 7.43. The van der Waals surface area contributed by atoms with Crippen molar-refractivity contribution in [3.05, 3.63) is 59.9 Å². The van der Waals surface area contributed by atoms with Crippen molar-refractivity contribution in [3.8, 4) is 5.75 Å². The van der Waals surface area contributed by atoms with E-state index in [9.17, 15) is 14.0 Å². The zero-order chi connectivity index (χ0) is 17.5. The maximum Gasteiger partial charge on any atom is 0.243 e. The summed E-state index contributed by atoms with van der Waals surface area (Å²) in [5.41, 5.74) is 1.28. The Hall–Kier alpha value is -2.89. The van der Waals surface area contributed by atoms with Gasteiger partial charge in [-0.05, 0) is 29.8 Å². The molecular weight excluding hydrogens is 311 g/mol. The van der Waals surface area contributed by atoms with Crippen molar-refractivity contribution < 1.29 is 18.7 Å². The van der Waals surface area contributed by atoms with Crippen LogP contribution in [0.1, 0.15) is 12.5 Å². The summed E-state index contributed by atoms with van der Waals surface area (Å²) in [6, 6.07) is 13.1. The standard InChI is InChI=1S/C18H19FN2O3/c1-13(22)21(2)11-18(23)20-16-7-4-8-17(10-16)24-12-14-5-3-6-15(19)9-14/h3-10H,11-12H2,1-2H3,(H,20,23). The van der Waals surface area contributed by atoms with Crippen LogP contribution >= 0.6 is 0 Å². The van der Waals surface area contributed by atoms with Gasteiger partial charge in [-0.15, -0.1) is 0 Å². The number of hydrogen-bond donors (Lipinski definition) is 1. The highest BCUT2D eigenvalue weighted by molar-refractivity contribution is 5.94. The van der Waals surface area contributed by atoms with Gasteiger partial charge in [0.1, 0.15) is 18.2 Å². The average Bonchev–Trinajstić information content (AvgIpc) is 2.53. The van der Waals surface area contributed by atoms with Crippen LogP contribution in [-0.2, 0) is 16.2 Å². The van der Waals surface area contributed by atoms with E-state index in [2.05, 4.69) is 5.32 Å². The van der Waals surface area contributed by atoms with Gasteiger partial charge in [0, 0.05) is 25.7 Å². The molecule has 2 aromatic carbocycles. The zero-order valence-electron chi connectivity index (χ0n) is 13.6. The minimum atomic E-state index is -0.313. The van der Waals surface area contributed by atoms with E-state index in [1.165, 1.54) is 24.0 Å². The minimum absolute atomic E-state index is 0.0241. The fourth-order valence-corrected chi connectivity index (χ4v) is 1.98. The molecule has 0 heterocycles. The normalized spacial score (nSPS) is 10.1. The highest BCUT2D eigenvalue weighted by Gasteiger charge is 2.09. The molecule has 0 aromatic heterocycles. The molecule has 0 aliphatic carbocycles. The molecule has 0 bridgehead atoms. The molecule has 0 spiro atoms. The number of carbonyl (C=O) groups is 2. The third-order valence-corrected chi connectivity index (χ3v) is 3.33. The summed E-state index contributed by atoms with van der Waals surface area (Å²) in [5, 5.41) is 2.70. The van der Waals surface area contributed by atoms with E-state index >= 15 is 0 Å². The van der Waals surface area contributed by atoms with Crippen LogP contribution in [0.4, 0.5) is 10.1 Å². The van der Waals surface area contributed by atoms with Crippen molar-refractivity contribution >= 4 is 17.5 Å². The van der Waals surface area contributed by atoms with E-state index < -0.39 is 0 Å². The Labute approximate surface area is 140 Å². The summed E-state index contributed by atoms with van der Waals surface area (Å²) in [6.45, 7) is 1.60. The SMILES string of the molecule is CC(=O)N(C)CC(=O)Nc1cccc(OCc2cccc(F)c2)c1. The summed E-state index contributed by atoms with van der Waals surface area (Å²) in [6.07, 6.45) is 0. The Kier molecular flexibility index (Phi) is 5.89. The molecule has 0 aliphatic heterocycles. The number of hydrogen-bond acceptors (Lipinski definition) is 3. The first kappa shape index (κ1) is 17.5. The van der Waals surface area contributed by atoms with Gasteiger partial charge in [-0.25, -0.2) is 4.39 Å². The molecule has 24 heavy (non-hydrogen) atoms. The quantitative estimate of drug-likeness (QED) is 0.886. The molecule has 126 valence electrons. The van der Waals surface area contributed by atoms with Gasteiger partial charge >= 0.3 is 0 Å². The van der Waals surface area contributed by atoms with Gasteiger partial charge in [-0.1, -0.05) is 18.2 Å². The lowest BCUT2D eigenvalue weighted by molar-refractivity contribution is -0.131. The Balaban J connectivity index is 1.93. The second kappa shape index (κ2) is 8.10. The number of ether oxygens (including phenoxy) is 1. The lowest BCUT2D eigenvalue weighted by Crippen LogP contribution is -2.33. The molecule has 6 heteroatoms. The van der Waals surface area contributed by atoms with Crippen molar-refractivity contribution in [2.24, 2.45) is 0 Å². The first-order valence-corrected chi connectivity index (χ1v) is 7.43. The Morgan fingerprint density at radius 3 is 2.62 bits per heavy atom. The van der Waals surface area contributed by atoms with Crippen molar-refractivity contribution in [1.29, 1.82) is 0 Å². The van der Waals surface area contributed by atoms with Crippen molar-refractivity contribution in [1.82, 2.24) is 4.90 Å². The van der Waals surface area contributed by atoms with Crippen molar-refractivity contribution in [3.63, 3.8) is 0 Å². The number of nitrogens with one attached hydrogen (secondary N) is 1. The number of likely N-dealkylation sites (N-methyl/N-ethyl adjacent to an activating group) is 1. The number of carbonyl (C=O) groups excluding carboxylic acids is 2. The van der Waals surface area contributed by atoms with Crippen LogP contribution < -0.4 is 10.1 Å². The van der Waals surface area contributed by atoms with E-state index in [-0.39, 0.29) is 30.8 Å². The number of rotatable bonds is 6. The first-order chi connectivity index (χ1) is 11.4. The van der Waals surface area contributed by atoms with E-state index in [0.717, 1.165) is 0 Å². The van der Waals surface area contributed by atoms with Crippen LogP contribution in [0.15, 0.2) is 48.5 Å². The van der Waals surface area contributed by atoms with Gasteiger partial charge in [0.05, 0.1) is 6.54 Å². The average molecular weight is 330 g/mol. The van der Waals surface area contributed by atoms with E-state index in [4.69, 9.17) is 4.74 Å².